The van der Waals surface area contributed by atoms with Crippen LogP contribution in [0.25, 0.3) is 53.9 Å². The van der Waals surface area contributed by atoms with Gasteiger partial charge >= 0.3 is 0 Å². The monoisotopic (exact) mass is 732 g/mol. The van der Waals surface area contributed by atoms with Gasteiger partial charge in [0.15, 0.2) is 0 Å². The van der Waals surface area contributed by atoms with Gasteiger partial charge in [-0.2, -0.15) is 0 Å². The maximum Gasteiger partial charge on any atom is 0.0352 e. The molecule has 6 aromatic rings. The van der Waals surface area contributed by atoms with Crippen LogP contribution in [0.3, 0.4) is 0 Å². The molecule has 4 aromatic carbocycles. The van der Waals surface area contributed by atoms with Gasteiger partial charge in [0.25, 0.3) is 0 Å². The minimum absolute atomic E-state index is 1.22. The van der Waals surface area contributed by atoms with E-state index in [0.29, 0.717) is 0 Å². The highest BCUT2D eigenvalue weighted by molar-refractivity contribution is 7.98. The Balaban J connectivity index is 1.12. The second-order valence-electron chi connectivity index (χ2n) is 15.0. The Bertz CT molecular complexity index is 2040. The van der Waals surface area contributed by atoms with E-state index in [1.807, 2.05) is 34.4 Å². The number of rotatable bonds is 21. The first kappa shape index (κ1) is 38.1. The number of unbranched alkanes of at least 4 members (excludes halogenated alkanes) is 14. The first-order valence-electron chi connectivity index (χ1n) is 20.2. The lowest BCUT2D eigenvalue weighted by Gasteiger charge is -2.08. The molecule has 0 spiro atoms. The third kappa shape index (κ3) is 10.5. The molecule has 2 heterocycles. The molecule has 0 unspecified atom stereocenters. The van der Waals surface area contributed by atoms with Crippen LogP contribution in [0.15, 0.2) is 65.6 Å². The van der Waals surface area contributed by atoms with Gasteiger partial charge < -0.3 is 0 Å². The number of fused-ring (bicyclic) bond motifs is 4. The zero-order valence-corrected chi connectivity index (χ0v) is 34.3. The largest absolute Gasteiger partial charge is 0.140 e. The topological polar surface area (TPSA) is 0 Å². The Morgan fingerprint density at radius 1 is 0.451 bits per heavy atom. The van der Waals surface area contributed by atoms with E-state index in [4.69, 9.17) is 0 Å². The lowest BCUT2D eigenvalue weighted by molar-refractivity contribution is 0.576. The number of hydrogen-bond acceptors (Lipinski definition) is 3. The van der Waals surface area contributed by atoms with Crippen LogP contribution in [-0.4, -0.2) is 6.26 Å². The van der Waals surface area contributed by atoms with Crippen LogP contribution in [-0.2, 0) is 12.8 Å². The number of thioether (sulfide) groups is 1. The minimum Gasteiger partial charge on any atom is -0.140 e. The summed E-state index contributed by atoms with van der Waals surface area (Å²) in [5.41, 5.74) is 3.95. The first-order chi connectivity index (χ1) is 25.0. The van der Waals surface area contributed by atoms with Gasteiger partial charge in [-0.3, -0.25) is 0 Å². The molecule has 0 N–H and O–H groups in total. The molecule has 0 nitrogen and oxygen atoms in total. The standard InChI is InChI=1S/C48H60S3/c1-5-7-9-11-13-15-17-19-21-44-30-42-28-39-26-36(35(3)25-38(39)33-47(42)50-44)23-24-37-27-40-29-43-31-45(22-20-18-16-14-12-10-8-6-2)51-48(43)34-41(40)32-46(37)49-4/h23-34H,5-22H2,1-4H3/b24-23+. The Labute approximate surface area is 321 Å². The zero-order chi connectivity index (χ0) is 35.4. The van der Waals surface area contributed by atoms with Crippen molar-refractivity contribution in [1.29, 1.82) is 0 Å². The quantitative estimate of drug-likeness (QED) is 0.0403. The van der Waals surface area contributed by atoms with Crippen molar-refractivity contribution in [3.8, 4) is 0 Å². The zero-order valence-electron chi connectivity index (χ0n) is 31.9. The molecule has 0 aliphatic rings. The van der Waals surface area contributed by atoms with Crippen molar-refractivity contribution in [2.24, 2.45) is 0 Å². The average molecular weight is 733 g/mol. The molecule has 0 atom stereocenters. The molecule has 0 radical (unpaired) electrons. The molecule has 51 heavy (non-hydrogen) atoms. The Hall–Kier alpha value is -2.59. The highest BCUT2D eigenvalue weighted by Crippen LogP contribution is 2.36. The molecule has 0 fully saturated rings. The van der Waals surface area contributed by atoms with Gasteiger partial charge in [0.1, 0.15) is 0 Å². The summed E-state index contributed by atoms with van der Waals surface area (Å²) in [5, 5.41) is 8.20. The van der Waals surface area contributed by atoms with Gasteiger partial charge in [-0.05, 0) is 142 Å². The van der Waals surface area contributed by atoms with E-state index >= 15 is 0 Å². The van der Waals surface area contributed by atoms with Crippen LogP contribution >= 0.6 is 34.4 Å². The summed E-state index contributed by atoms with van der Waals surface area (Å²) < 4.78 is 2.86. The second-order valence-corrected chi connectivity index (χ2v) is 18.2. The number of benzene rings is 4. The summed E-state index contributed by atoms with van der Waals surface area (Å²) in [4.78, 5) is 4.43. The fraction of sp³-hybridized carbons (Fsp3) is 0.458. The van der Waals surface area contributed by atoms with Gasteiger partial charge in [-0.1, -0.05) is 122 Å². The fourth-order valence-corrected chi connectivity index (χ4v) is 10.6. The lowest BCUT2D eigenvalue weighted by Crippen LogP contribution is -1.85. The number of aryl methyl sites for hydroxylation is 3. The molecule has 0 aliphatic carbocycles. The maximum atomic E-state index is 2.46. The number of hydrogen-bond donors (Lipinski definition) is 0. The van der Waals surface area contributed by atoms with E-state index in [9.17, 15) is 0 Å². The minimum atomic E-state index is 1.22. The molecule has 0 bridgehead atoms. The van der Waals surface area contributed by atoms with Crippen LogP contribution in [0.1, 0.15) is 143 Å². The summed E-state index contributed by atoms with van der Waals surface area (Å²) in [7, 11) is 0. The molecule has 270 valence electrons. The molecule has 0 saturated heterocycles. The van der Waals surface area contributed by atoms with Crippen LogP contribution in [0.5, 0.6) is 0 Å². The summed E-state index contributed by atoms with van der Waals surface area (Å²) in [6.45, 7) is 6.86. The van der Waals surface area contributed by atoms with Gasteiger partial charge in [0, 0.05) is 24.0 Å². The SMILES string of the molecule is CCCCCCCCCCc1cc2cc3cc(/C=C/c4cc5cc6cc(CCCCCCCCCC)sc6cc5cc4SC)c(C)cc3cc2s1. The lowest BCUT2D eigenvalue weighted by atomic mass is 9.99. The third-order valence-electron chi connectivity index (χ3n) is 10.8. The summed E-state index contributed by atoms with van der Waals surface area (Å²) in [5.74, 6) is 0. The van der Waals surface area contributed by atoms with Gasteiger partial charge in [-0.25, -0.2) is 0 Å². The third-order valence-corrected chi connectivity index (χ3v) is 13.9. The summed E-state index contributed by atoms with van der Waals surface area (Å²) >= 11 is 5.86. The molecule has 2 aromatic heterocycles. The highest BCUT2D eigenvalue weighted by Gasteiger charge is 2.10. The smallest absolute Gasteiger partial charge is 0.0352 e. The fourth-order valence-electron chi connectivity index (χ4n) is 7.69. The molecular formula is C48H60S3. The van der Waals surface area contributed by atoms with Gasteiger partial charge in [-0.15, -0.1) is 34.4 Å². The van der Waals surface area contributed by atoms with Gasteiger partial charge in [0.2, 0.25) is 0 Å². The first-order valence-corrected chi connectivity index (χ1v) is 23.1. The predicted octanol–water partition coefficient (Wildman–Crippen LogP) is 17.0. The molecule has 6 rings (SSSR count). The van der Waals surface area contributed by atoms with E-state index < -0.39 is 0 Å². The van der Waals surface area contributed by atoms with E-state index in [1.165, 1.54) is 179 Å². The van der Waals surface area contributed by atoms with Crippen molar-refractivity contribution in [2.75, 3.05) is 6.26 Å². The Morgan fingerprint density at radius 2 is 0.882 bits per heavy atom. The predicted molar refractivity (Wildman–Crippen MR) is 237 cm³/mol. The van der Waals surface area contributed by atoms with Crippen molar-refractivity contribution >= 4 is 88.3 Å². The second kappa shape index (κ2) is 19.5. The maximum absolute atomic E-state index is 2.46. The van der Waals surface area contributed by atoms with E-state index in [0.717, 1.165) is 0 Å². The summed E-state index contributed by atoms with van der Waals surface area (Å²) in [6.07, 6.45) is 31.4. The van der Waals surface area contributed by atoms with E-state index in [1.54, 1.807) is 9.75 Å². The normalized spacial score (nSPS) is 12.2. The van der Waals surface area contributed by atoms with E-state index in [-0.39, 0.29) is 0 Å². The van der Waals surface area contributed by atoms with Crippen molar-refractivity contribution in [1.82, 2.24) is 0 Å². The van der Waals surface area contributed by atoms with Crippen molar-refractivity contribution < 1.29 is 0 Å². The van der Waals surface area contributed by atoms with Crippen molar-refractivity contribution in [2.45, 2.75) is 141 Å². The molecule has 0 amide bonds. The van der Waals surface area contributed by atoms with Crippen LogP contribution < -0.4 is 0 Å². The van der Waals surface area contributed by atoms with Gasteiger partial charge in [0.05, 0.1) is 0 Å². The van der Waals surface area contributed by atoms with Crippen LogP contribution in [0, 0.1) is 6.92 Å². The van der Waals surface area contributed by atoms with Crippen molar-refractivity contribution in [3.63, 3.8) is 0 Å². The van der Waals surface area contributed by atoms with Crippen LogP contribution in [0.4, 0.5) is 0 Å². The number of thiophene rings is 2. The van der Waals surface area contributed by atoms with Crippen LogP contribution in [0.2, 0.25) is 0 Å². The Kier molecular flexibility index (Phi) is 14.6. The molecule has 3 heteroatoms. The molecule has 0 saturated carbocycles. The molecular weight excluding hydrogens is 673 g/mol. The highest BCUT2D eigenvalue weighted by atomic mass is 32.2. The Morgan fingerprint density at radius 3 is 1.39 bits per heavy atom. The average Bonchev–Trinajstić information content (AvgIpc) is 3.72. The summed E-state index contributed by atoms with van der Waals surface area (Å²) in [6, 6.07) is 24.2. The van der Waals surface area contributed by atoms with Crippen molar-refractivity contribution in [3.05, 3.63) is 87.1 Å². The van der Waals surface area contributed by atoms with E-state index in [2.05, 4.69) is 99.8 Å². The molecule has 0 aliphatic heterocycles.